The predicted octanol–water partition coefficient (Wildman–Crippen LogP) is 1.28. The van der Waals surface area contributed by atoms with Crippen molar-refractivity contribution >= 4 is 26.6 Å². The number of carbonyl (C=O) groups excluding carboxylic acids is 1. The molecule has 1 aliphatic heterocycles. The topological polar surface area (TPSA) is 46.5 Å². The van der Waals surface area contributed by atoms with E-state index in [2.05, 4.69) is 0 Å². The SMILES string of the molecule is O=C1Cc2ccccc2I(O)O1. The van der Waals surface area contributed by atoms with Gasteiger partial charge in [-0.3, -0.25) is 0 Å². The first-order chi connectivity index (χ1) is 5.77. The van der Waals surface area contributed by atoms with E-state index in [-0.39, 0.29) is 5.97 Å². The summed E-state index contributed by atoms with van der Waals surface area (Å²) in [5.74, 6) is -0.304. The molecule has 0 saturated carbocycles. The zero-order valence-electron chi connectivity index (χ0n) is 6.16. The Bertz CT molecular complexity index is 324. The van der Waals surface area contributed by atoms with Crippen molar-refractivity contribution in [3.05, 3.63) is 33.4 Å². The number of benzene rings is 1. The van der Waals surface area contributed by atoms with Gasteiger partial charge in [-0.1, -0.05) is 0 Å². The molecule has 0 bridgehead atoms. The predicted molar refractivity (Wildman–Crippen MR) is 51.2 cm³/mol. The van der Waals surface area contributed by atoms with Crippen molar-refractivity contribution < 1.29 is 11.3 Å². The van der Waals surface area contributed by atoms with Gasteiger partial charge in [-0.05, 0) is 0 Å². The van der Waals surface area contributed by atoms with E-state index in [1.165, 1.54) is 0 Å². The van der Waals surface area contributed by atoms with E-state index in [1.54, 1.807) is 0 Å². The summed E-state index contributed by atoms with van der Waals surface area (Å²) in [5, 5.41) is 0. The van der Waals surface area contributed by atoms with E-state index in [9.17, 15) is 8.23 Å². The summed E-state index contributed by atoms with van der Waals surface area (Å²) in [6.07, 6.45) is 0.296. The zero-order valence-corrected chi connectivity index (χ0v) is 8.32. The Labute approximate surface area is 77.8 Å². The summed E-state index contributed by atoms with van der Waals surface area (Å²) in [7, 11) is 0. The van der Waals surface area contributed by atoms with Crippen LogP contribution in [0.4, 0.5) is 0 Å². The van der Waals surface area contributed by atoms with Crippen LogP contribution in [0.25, 0.3) is 0 Å². The normalized spacial score (nSPS) is 18.4. The fraction of sp³-hybridized carbons (Fsp3) is 0.125. The van der Waals surface area contributed by atoms with Crippen molar-refractivity contribution in [3.63, 3.8) is 0 Å². The van der Waals surface area contributed by atoms with Crippen LogP contribution >= 0.6 is 20.6 Å². The van der Waals surface area contributed by atoms with Gasteiger partial charge in [0.2, 0.25) is 0 Å². The van der Waals surface area contributed by atoms with Gasteiger partial charge < -0.3 is 0 Å². The average molecular weight is 278 g/mol. The van der Waals surface area contributed by atoms with Gasteiger partial charge >= 0.3 is 77.7 Å². The van der Waals surface area contributed by atoms with Crippen LogP contribution in [0.1, 0.15) is 5.56 Å². The van der Waals surface area contributed by atoms with Crippen LogP contribution in [0.15, 0.2) is 24.3 Å². The van der Waals surface area contributed by atoms with Crippen LogP contribution in [0.5, 0.6) is 0 Å². The summed E-state index contributed by atoms with van der Waals surface area (Å²) in [4.78, 5) is 10.9. The van der Waals surface area contributed by atoms with Crippen molar-refractivity contribution in [3.8, 4) is 0 Å². The van der Waals surface area contributed by atoms with Gasteiger partial charge in [0, 0.05) is 0 Å². The molecule has 0 spiro atoms. The van der Waals surface area contributed by atoms with E-state index in [0.29, 0.717) is 6.42 Å². The third kappa shape index (κ3) is 1.32. The van der Waals surface area contributed by atoms with Crippen LogP contribution in [0, 0.1) is 3.57 Å². The van der Waals surface area contributed by atoms with Gasteiger partial charge in [-0.2, -0.15) is 0 Å². The van der Waals surface area contributed by atoms with Gasteiger partial charge in [0.1, 0.15) is 0 Å². The number of rotatable bonds is 0. The Morgan fingerprint density at radius 3 is 3.00 bits per heavy atom. The Morgan fingerprint density at radius 1 is 1.42 bits per heavy atom. The average Bonchev–Trinajstić information content (AvgIpc) is 2.04. The summed E-state index contributed by atoms with van der Waals surface area (Å²) in [6, 6.07) is 7.39. The van der Waals surface area contributed by atoms with E-state index >= 15 is 0 Å². The molecule has 64 valence electrons. The van der Waals surface area contributed by atoms with Crippen molar-refractivity contribution in [2.45, 2.75) is 6.42 Å². The summed E-state index contributed by atoms with van der Waals surface area (Å²) >= 11 is -2.57. The van der Waals surface area contributed by atoms with Gasteiger partial charge in [0.15, 0.2) is 0 Å². The van der Waals surface area contributed by atoms with E-state index in [1.807, 2.05) is 24.3 Å². The molecule has 0 aromatic heterocycles. The second-order valence-corrected chi connectivity index (χ2v) is 5.37. The molecule has 1 aromatic rings. The number of hydrogen-bond acceptors (Lipinski definition) is 3. The van der Waals surface area contributed by atoms with Crippen LogP contribution < -0.4 is 0 Å². The van der Waals surface area contributed by atoms with Gasteiger partial charge in [-0.25, -0.2) is 0 Å². The molecular formula is C8H7IO3. The van der Waals surface area contributed by atoms with E-state index < -0.39 is 20.6 Å². The Hall–Kier alpha value is -0.620. The molecule has 0 atom stereocenters. The van der Waals surface area contributed by atoms with E-state index in [4.69, 9.17) is 3.07 Å². The number of fused-ring (bicyclic) bond motifs is 1. The third-order valence-electron chi connectivity index (χ3n) is 1.63. The Morgan fingerprint density at radius 2 is 2.17 bits per heavy atom. The second-order valence-electron chi connectivity index (χ2n) is 2.45. The third-order valence-corrected chi connectivity index (χ3v) is 4.58. The van der Waals surface area contributed by atoms with Crippen molar-refractivity contribution in [1.82, 2.24) is 0 Å². The molecule has 0 saturated heterocycles. The molecule has 0 amide bonds. The Balaban J connectivity index is 2.47. The molecule has 12 heavy (non-hydrogen) atoms. The molecule has 1 heterocycles. The minimum absolute atomic E-state index is 0.296. The molecule has 3 nitrogen and oxygen atoms in total. The number of halogens is 1. The molecule has 2 rings (SSSR count). The maximum absolute atomic E-state index is 10.9. The van der Waals surface area contributed by atoms with Crippen molar-refractivity contribution in [2.24, 2.45) is 0 Å². The first-order valence-electron chi connectivity index (χ1n) is 3.46. The fourth-order valence-corrected chi connectivity index (χ4v) is 3.44. The summed E-state index contributed by atoms with van der Waals surface area (Å²) in [6.45, 7) is 0. The van der Waals surface area contributed by atoms with Gasteiger partial charge in [0.05, 0.1) is 0 Å². The first-order valence-corrected chi connectivity index (χ1v) is 6.38. The molecule has 0 unspecified atom stereocenters. The molecule has 0 radical (unpaired) electrons. The van der Waals surface area contributed by atoms with Crippen LogP contribution in [0.3, 0.4) is 0 Å². The van der Waals surface area contributed by atoms with Gasteiger partial charge in [0.25, 0.3) is 0 Å². The number of carbonyl (C=O) groups is 1. The molecule has 1 aromatic carbocycles. The molecule has 4 heteroatoms. The number of hydrogen-bond donors (Lipinski definition) is 1. The quantitative estimate of drug-likeness (QED) is 0.727. The summed E-state index contributed by atoms with van der Waals surface area (Å²) < 4.78 is 15.1. The van der Waals surface area contributed by atoms with Crippen molar-refractivity contribution in [2.75, 3.05) is 0 Å². The molecule has 1 aliphatic rings. The second kappa shape index (κ2) is 3.02. The monoisotopic (exact) mass is 278 g/mol. The van der Waals surface area contributed by atoms with Crippen LogP contribution in [-0.2, 0) is 14.3 Å². The van der Waals surface area contributed by atoms with Gasteiger partial charge in [-0.15, -0.1) is 0 Å². The molecule has 0 aliphatic carbocycles. The molecule has 0 fully saturated rings. The van der Waals surface area contributed by atoms with Crippen LogP contribution in [-0.4, -0.2) is 9.41 Å². The minimum atomic E-state index is -2.57. The first kappa shape index (κ1) is 8.00. The standard InChI is InChI=1S/C8H7IO3/c10-8-5-6-3-1-2-4-7(6)9(11)12-8/h1-4,11H,5H2. The van der Waals surface area contributed by atoms with Crippen LogP contribution in [0.2, 0.25) is 0 Å². The maximum atomic E-state index is 10.9. The molecule has 1 N–H and O–H groups in total. The summed E-state index contributed by atoms with van der Waals surface area (Å²) in [5.41, 5.74) is 0.918. The van der Waals surface area contributed by atoms with Crippen molar-refractivity contribution in [1.29, 1.82) is 0 Å². The Kier molecular flexibility index (Phi) is 2.02. The molecular weight excluding hydrogens is 271 g/mol. The van der Waals surface area contributed by atoms with E-state index in [0.717, 1.165) is 9.13 Å². The zero-order chi connectivity index (χ0) is 8.55. The fourth-order valence-electron chi connectivity index (χ4n) is 1.11.